The molecule has 1 saturated heterocycles. The zero-order valence-electron chi connectivity index (χ0n) is 15.8. The molecule has 0 spiro atoms. The Morgan fingerprint density at radius 1 is 1.04 bits per heavy atom. The Bertz CT molecular complexity index is 500. The van der Waals surface area contributed by atoms with Crippen molar-refractivity contribution in [1.29, 1.82) is 0 Å². The molecule has 1 unspecified atom stereocenters. The van der Waals surface area contributed by atoms with Crippen molar-refractivity contribution in [3.8, 4) is 11.5 Å². The van der Waals surface area contributed by atoms with Gasteiger partial charge in [-0.15, -0.1) is 24.8 Å². The zero-order valence-corrected chi connectivity index (χ0v) is 17.5. The fraction of sp³-hybridized carbons (Fsp3) is 0.667. The van der Waals surface area contributed by atoms with Gasteiger partial charge in [-0.1, -0.05) is 6.92 Å². The number of β-amino-alcohol motifs (C(OH)–C–C–N with tert-alkyl or cyclic N) is 1. The lowest BCUT2D eigenvalue weighted by atomic mass is 10.2. The smallest absolute Gasteiger partial charge is 0.124 e. The molecule has 1 aromatic rings. The maximum atomic E-state index is 10.2. The molecule has 26 heavy (non-hydrogen) atoms. The van der Waals surface area contributed by atoms with Crippen LogP contribution in [0.4, 0.5) is 0 Å². The van der Waals surface area contributed by atoms with Gasteiger partial charge in [0.05, 0.1) is 33.5 Å². The SMILES string of the molecule is CCN1CCN(CC(O)COCc2cc(OC)ccc2OC)CC1.Cl.Cl. The lowest BCUT2D eigenvalue weighted by molar-refractivity contribution is 0.00133. The minimum absolute atomic E-state index is 0. The van der Waals surface area contributed by atoms with E-state index in [1.165, 1.54) is 0 Å². The summed E-state index contributed by atoms with van der Waals surface area (Å²) in [6.07, 6.45) is -0.477. The minimum atomic E-state index is -0.477. The number of benzene rings is 1. The monoisotopic (exact) mass is 410 g/mol. The Kier molecular flexibility index (Phi) is 13.0. The molecule has 6 nitrogen and oxygen atoms in total. The number of rotatable bonds is 9. The molecule has 1 fully saturated rings. The van der Waals surface area contributed by atoms with E-state index in [9.17, 15) is 5.11 Å². The molecule has 0 aliphatic carbocycles. The van der Waals surface area contributed by atoms with Gasteiger partial charge in [0.25, 0.3) is 0 Å². The first kappa shape index (κ1) is 25.2. The summed E-state index contributed by atoms with van der Waals surface area (Å²) in [6, 6.07) is 5.61. The summed E-state index contributed by atoms with van der Waals surface area (Å²) >= 11 is 0. The molecule has 1 N–H and O–H groups in total. The molecule has 0 amide bonds. The number of hydrogen-bond acceptors (Lipinski definition) is 6. The maximum Gasteiger partial charge on any atom is 0.124 e. The molecule has 1 heterocycles. The van der Waals surface area contributed by atoms with E-state index >= 15 is 0 Å². The van der Waals surface area contributed by atoms with Crippen molar-refractivity contribution in [2.24, 2.45) is 0 Å². The molecule has 0 saturated carbocycles. The number of methoxy groups -OCH3 is 2. The number of likely N-dealkylation sites (N-methyl/N-ethyl adjacent to an activating group) is 1. The van der Waals surface area contributed by atoms with Crippen LogP contribution in [0.1, 0.15) is 12.5 Å². The average molecular weight is 411 g/mol. The van der Waals surface area contributed by atoms with E-state index < -0.39 is 6.10 Å². The van der Waals surface area contributed by atoms with E-state index in [4.69, 9.17) is 14.2 Å². The fourth-order valence-electron chi connectivity index (χ4n) is 2.94. The molecule has 0 radical (unpaired) electrons. The average Bonchev–Trinajstić information content (AvgIpc) is 2.62. The molecule has 152 valence electrons. The highest BCUT2D eigenvalue weighted by Gasteiger charge is 2.18. The summed E-state index contributed by atoms with van der Waals surface area (Å²) < 4.78 is 16.2. The number of piperazine rings is 1. The van der Waals surface area contributed by atoms with Crippen molar-refractivity contribution >= 4 is 24.8 Å². The van der Waals surface area contributed by atoms with Gasteiger partial charge in [-0.25, -0.2) is 0 Å². The van der Waals surface area contributed by atoms with Gasteiger partial charge in [0.15, 0.2) is 0 Å². The summed E-state index contributed by atoms with van der Waals surface area (Å²) in [5.74, 6) is 1.53. The van der Waals surface area contributed by atoms with Crippen LogP contribution in [0.15, 0.2) is 18.2 Å². The third-order valence-electron chi connectivity index (χ3n) is 4.44. The summed E-state index contributed by atoms with van der Waals surface area (Å²) in [5, 5.41) is 10.2. The third-order valence-corrected chi connectivity index (χ3v) is 4.44. The number of hydrogen-bond donors (Lipinski definition) is 1. The molecule has 8 heteroatoms. The van der Waals surface area contributed by atoms with Crippen LogP contribution in [-0.2, 0) is 11.3 Å². The Hall–Kier alpha value is -0.760. The van der Waals surface area contributed by atoms with Crippen molar-refractivity contribution < 1.29 is 19.3 Å². The molecule has 1 atom stereocenters. The molecule has 0 bridgehead atoms. The van der Waals surface area contributed by atoms with Gasteiger partial charge < -0.3 is 24.2 Å². The maximum absolute atomic E-state index is 10.2. The van der Waals surface area contributed by atoms with Crippen LogP contribution in [0.2, 0.25) is 0 Å². The van der Waals surface area contributed by atoms with Gasteiger partial charge in [0.1, 0.15) is 11.5 Å². The molecular formula is C18H32Cl2N2O4. The van der Waals surface area contributed by atoms with E-state index in [2.05, 4.69) is 16.7 Å². The van der Waals surface area contributed by atoms with Gasteiger partial charge in [-0.05, 0) is 24.7 Å². The first-order valence-corrected chi connectivity index (χ1v) is 8.57. The van der Waals surface area contributed by atoms with Crippen LogP contribution in [0.5, 0.6) is 11.5 Å². The lowest BCUT2D eigenvalue weighted by Crippen LogP contribution is -2.48. The van der Waals surface area contributed by atoms with E-state index in [-0.39, 0.29) is 24.8 Å². The molecule has 1 aliphatic rings. The van der Waals surface area contributed by atoms with Crippen LogP contribution in [-0.4, -0.2) is 81.1 Å². The number of nitrogens with zero attached hydrogens (tertiary/aromatic N) is 2. The second kappa shape index (κ2) is 13.4. The van der Waals surface area contributed by atoms with Crippen molar-refractivity contribution in [3.63, 3.8) is 0 Å². The quantitative estimate of drug-likeness (QED) is 0.672. The summed E-state index contributed by atoms with van der Waals surface area (Å²) in [6.45, 7) is 8.81. The van der Waals surface area contributed by atoms with Gasteiger partial charge in [-0.3, -0.25) is 4.90 Å². The van der Waals surface area contributed by atoms with Crippen molar-refractivity contribution in [1.82, 2.24) is 9.80 Å². The summed E-state index contributed by atoms with van der Waals surface area (Å²) in [5.41, 5.74) is 0.917. The van der Waals surface area contributed by atoms with E-state index in [0.717, 1.165) is 49.8 Å². The van der Waals surface area contributed by atoms with E-state index in [1.54, 1.807) is 14.2 Å². The molecule has 1 aliphatic heterocycles. The second-order valence-corrected chi connectivity index (χ2v) is 6.08. The first-order valence-electron chi connectivity index (χ1n) is 8.57. The number of aliphatic hydroxyl groups excluding tert-OH is 1. The van der Waals surface area contributed by atoms with Crippen molar-refractivity contribution in [2.45, 2.75) is 19.6 Å². The highest BCUT2D eigenvalue weighted by atomic mass is 35.5. The summed E-state index contributed by atoms with van der Waals surface area (Å²) in [4.78, 5) is 4.72. The standard InChI is InChI=1S/C18H30N2O4.2ClH/c1-4-19-7-9-20(10-8-19)12-16(21)14-24-13-15-11-17(22-2)5-6-18(15)23-3;;/h5-6,11,16,21H,4,7-10,12-14H2,1-3H3;2*1H. The van der Waals surface area contributed by atoms with Crippen LogP contribution in [0.25, 0.3) is 0 Å². The van der Waals surface area contributed by atoms with E-state index in [0.29, 0.717) is 19.8 Å². The number of ether oxygens (including phenoxy) is 3. The molecule has 1 aromatic carbocycles. The topological polar surface area (TPSA) is 54.4 Å². The van der Waals surface area contributed by atoms with Gasteiger partial charge in [-0.2, -0.15) is 0 Å². The predicted octanol–water partition coefficient (Wildman–Crippen LogP) is 2.06. The normalized spacial score (nSPS) is 16.3. The fourth-order valence-corrected chi connectivity index (χ4v) is 2.94. The highest BCUT2D eigenvalue weighted by Crippen LogP contribution is 2.24. The largest absolute Gasteiger partial charge is 0.497 e. The van der Waals surface area contributed by atoms with E-state index in [1.807, 2.05) is 18.2 Å². The molecule has 0 aromatic heterocycles. The number of halogens is 2. The van der Waals surface area contributed by atoms with Crippen LogP contribution in [0, 0.1) is 0 Å². The predicted molar refractivity (Wildman–Crippen MR) is 108 cm³/mol. The Labute approximate surface area is 169 Å². The minimum Gasteiger partial charge on any atom is -0.497 e. The Balaban J connectivity index is 0.00000312. The van der Waals surface area contributed by atoms with Crippen LogP contribution in [0.3, 0.4) is 0 Å². The lowest BCUT2D eigenvalue weighted by Gasteiger charge is -2.34. The Morgan fingerprint density at radius 3 is 2.27 bits per heavy atom. The van der Waals surface area contributed by atoms with Crippen molar-refractivity contribution in [3.05, 3.63) is 23.8 Å². The van der Waals surface area contributed by atoms with Crippen LogP contribution < -0.4 is 9.47 Å². The van der Waals surface area contributed by atoms with Gasteiger partial charge in [0.2, 0.25) is 0 Å². The van der Waals surface area contributed by atoms with Gasteiger partial charge in [0, 0.05) is 38.3 Å². The summed E-state index contributed by atoms with van der Waals surface area (Å²) in [7, 11) is 3.27. The first-order chi connectivity index (χ1) is 11.7. The highest BCUT2D eigenvalue weighted by molar-refractivity contribution is 5.85. The van der Waals surface area contributed by atoms with Crippen LogP contribution >= 0.6 is 24.8 Å². The zero-order chi connectivity index (χ0) is 17.4. The number of aliphatic hydroxyl groups is 1. The Morgan fingerprint density at radius 2 is 1.69 bits per heavy atom. The molecular weight excluding hydrogens is 379 g/mol. The van der Waals surface area contributed by atoms with Gasteiger partial charge >= 0.3 is 0 Å². The van der Waals surface area contributed by atoms with Crippen molar-refractivity contribution in [2.75, 3.05) is 60.1 Å². The second-order valence-electron chi connectivity index (χ2n) is 6.08. The molecule has 2 rings (SSSR count). The third kappa shape index (κ3) is 7.86.